The van der Waals surface area contributed by atoms with Gasteiger partial charge in [0.05, 0.1) is 12.7 Å². The van der Waals surface area contributed by atoms with Crippen molar-refractivity contribution in [3.8, 4) is 0 Å². The Morgan fingerprint density at radius 2 is 1.65 bits per heavy atom. The minimum atomic E-state index is 0.465. The molecule has 0 aromatic heterocycles. The molecule has 0 saturated heterocycles. The first-order valence-corrected chi connectivity index (χ1v) is 9.97. The maximum atomic E-state index is 6.24. The van der Waals surface area contributed by atoms with Crippen LogP contribution in [0.15, 0.2) is 12.7 Å². The molecule has 0 bridgehead atoms. The van der Waals surface area contributed by atoms with Crippen molar-refractivity contribution in [1.82, 2.24) is 4.90 Å². The van der Waals surface area contributed by atoms with Gasteiger partial charge in [-0.1, -0.05) is 46.1 Å². The van der Waals surface area contributed by atoms with Gasteiger partial charge in [-0.25, -0.2) is 0 Å². The third-order valence-electron chi connectivity index (χ3n) is 6.09. The summed E-state index contributed by atoms with van der Waals surface area (Å²) < 4.78 is 6.24. The van der Waals surface area contributed by atoms with Gasteiger partial charge in [0.1, 0.15) is 0 Å². The summed E-state index contributed by atoms with van der Waals surface area (Å²) in [6.45, 7) is 14.1. The summed E-state index contributed by atoms with van der Waals surface area (Å²) in [4.78, 5) is 2.60. The molecule has 2 heteroatoms. The van der Waals surface area contributed by atoms with Crippen molar-refractivity contribution in [2.45, 2.75) is 90.7 Å². The zero-order valence-electron chi connectivity index (χ0n) is 15.9. The number of nitrogens with zero attached hydrogens (tertiary/aromatic N) is 1. The normalized spacial score (nSPS) is 27.3. The molecule has 2 fully saturated rings. The van der Waals surface area contributed by atoms with Crippen LogP contribution in [-0.4, -0.2) is 36.7 Å². The van der Waals surface area contributed by atoms with Crippen molar-refractivity contribution < 1.29 is 4.74 Å². The Morgan fingerprint density at radius 1 is 1.00 bits per heavy atom. The van der Waals surface area contributed by atoms with E-state index in [4.69, 9.17) is 4.74 Å². The Bertz CT molecular complexity index is 332. The van der Waals surface area contributed by atoms with E-state index in [9.17, 15) is 0 Å². The van der Waals surface area contributed by atoms with Gasteiger partial charge in [0, 0.05) is 19.1 Å². The average molecular weight is 322 g/mol. The maximum Gasteiger partial charge on any atom is 0.0597 e. The number of rotatable bonds is 7. The zero-order valence-corrected chi connectivity index (χ0v) is 15.9. The van der Waals surface area contributed by atoms with Crippen LogP contribution in [0.5, 0.6) is 0 Å². The predicted octanol–water partition coefficient (Wildman–Crippen LogP) is 5.43. The van der Waals surface area contributed by atoms with E-state index in [1.54, 1.807) is 0 Å². The van der Waals surface area contributed by atoms with E-state index in [1.807, 2.05) is 0 Å². The Balaban J connectivity index is 1.68. The SMILES string of the molecule is C=CCN(CCOC1CCC(C(C)(C)C)CC1)C1CCCCC1. The first-order chi connectivity index (χ1) is 11.0. The summed E-state index contributed by atoms with van der Waals surface area (Å²) in [5, 5.41) is 0. The molecule has 2 aliphatic carbocycles. The van der Waals surface area contributed by atoms with E-state index in [-0.39, 0.29) is 0 Å². The van der Waals surface area contributed by atoms with Crippen LogP contribution in [-0.2, 0) is 4.74 Å². The molecule has 0 aromatic rings. The van der Waals surface area contributed by atoms with Gasteiger partial charge in [0.25, 0.3) is 0 Å². The fourth-order valence-electron chi connectivity index (χ4n) is 4.47. The van der Waals surface area contributed by atoms with Crippen LogP contribution in [0, 0.1) is 11.3 Å². The largest absolute Gasteiger partial charge is 0.377 e. The second-order valence-electron chi connectivity index (χ2n) is 8.79. The fourth-order valence-corrected chi connectivity index (χ4v) is 4.47. The molecule has 23 heavy (non-hydrogen) atoms. The lowest BCUT2D eigenvalue weighted by Gasteiger charge is -2.37. The molecule has 0 amide bonds. The standard InChI is InChI=1S/C21H39NO/c1-5-15-22(19-9-7-6-8-10-19)16-17-23-20-13-11-18(12-14-20)21(2,3)4/h5,18-20H,1,6-17H2,2-4H3. The van der Waals surface area contributed by atoms with E-state index in [2.05, 4.69) is 38.3 Å². The monoisotopic (exact) mass is 321 g/mol. The van der Waals surface area contributed by atoms with Crippen LogP contribution in [0.25, 0.3) is 0 Å². The molecule has 0 heterocycles. The van der Waals surface area contributed by atoms with Gasteiger partial charge in [0.2, 0.25) is 0 Å². The Labute approximate surface area is 144 Å². The number of ether oxygens (including phenoxy) is 1. The van der Waals surface area contributed by atoms with Gasteiger partial charge in [-0.15, -0.1) is 6.58 Å². The molecule has 0 radical (unpaired) electrons. The number of hydrogen-bond acceptors (Lipinski definition) is 2. The van der Waals surface area contributed by atoms with Gasteiger partial charge >= 0.3 is 0 Å². The second kappa shape index (κ2) is 9.22. The van der Waals surface area contributed by atoms with Crippen molar-refractivity contribution in [3.05, 3.63) is 12.7 Å². The summed E-state index contributed by atoms with van der Waals surface area (Å²) >= 11 is 0. The molecule has 134 valence electrons. The van der Waals surface area contributed by atoms with E-state index in [0.717, 1.165) is 31.7 Å². The highest BCUT2D eigenvalue weighted by atomic mass is 16.5. The Hall–Kier alpha value is -0.340. The van der Waals surface area contributed by atoms with Crippen molar-refractivity contribution in [1.29, 1.82) is 0 Å². The maximum absolute atomic E-state index is 6.24. The topological polar surface area (TPSA) is 12.5 Å². The van der Waals surface area contributed by atoms with Gasteiger partial charge in [-0.05, 0) is 49.9 Å². The molecule has 0 unspecified atom stereocenters. The minimum Gasteiger partial charge on any atom is -0.377 e. The number of hydrogen-bond donors (Lipinski definition) is 0. The van der Waals surface area contributed by atoms with Crippen molar-refractivity contribution in [3.63, 3.8) is 0 Å². The van der Waals surface area contributed by atoms with Crippen LogP contribution >= 0.6 is 0 Å². The highest BCUT2D eigenvalue weighted by molar-refractivity contribution is 4.83. The Kier molecular flexibility index (Phi) is 7.62. The highest BCUT2D eigenvalue weighted by Crippen LogP contribution is 2.38. The van der Waals surface area contributed by atoms with Gasteiger partial charge in [-0.3, -0.25) is 4.90 Å². The van der Waals surface area contributed by atoms with Gasteiger partial charge < -0.3 is 4.74 Å². The molecular weight excluding hydrogens is 282 g/mol. The minimum absolute atomic E-state index is 0.465. The third kappa shape index (κ3) is 6.23. The van der Waals surface area contributed by atoms with E-state index in [0.29, 0.717) is 11.5 Å². The predicted molar refractivity (Wildman–Crippen MR) is 99.8 cm³/mol. The summed E-state index contributed by atoms with van der Waals surface area (Å²) in [6.07, 6.45) is 14.7. The summed E-state index contributed by atoms with van der Waals surface area (Å²) in [7, 11) is 0. The molecule has 0 aromatic carbocycles. The molecule has 2 nitrogen and oxygen atoms in total. The summed E-state index contributed by atoms with van der Waals surface area (Å²) in [5.41, 5.74) is 0.465. The van der Waals surface area contributed by atoms with Gasteiger partial charge in [-0.2, -0.15) is 0 Å². The smallest absolute Gasteiger partial charge is 0.0597 e. The third-order valence-corrected chi connectivity index (χ3v) is 6.09. The van der Waals surface area contributed by atoms with Crippen LogP contribution in [0.4, 0.5) is 0 Å². The van der Waals surface area contributed by atoms with E-state index < -0.39 is 0 Å². The first kappa shape index (κ1) is 19.0. The molecular formula is C21H39NO. The second-order valence-corrected chi connectivity index (χ2v) is 8.79. The lowest BCUT2D eigenvalue weighted by molar-refractivity contribution is -0.00930. The van der Waals surface area contributed by atoms with Crippen molar-refractivity contribution in [2.75, 3.05) is 19.7 Å². The highest BCUT2D eigenvalue weighted by Gasteiger charge is 2.30. The molecule has 2 rings (SSSR count). The fraction of sp³-hybridized carbons (Fsp3) is 0.905. The summed E-state index contributed by atoms with van der Waals surface area (Å²) in [5.74, 6) is 0.877. The van der Waals surface area contributed by atoms with Crippen molar-refractivity contribution >= 4 is 0 Å². The van der Waals surface area contributed by atoms with E-state index in [1.165, 1.54) is 57.8 Å². The molecule has 0 spiro atoms. The first-order valence-electron chi connectivity index (χ1n) is 9.97. The lowest BCUT2D eigenvalue weighted by atomic mass is 9.72. The zero-order chi connectivity index (χ0) is 16.7. The molecule has 2 saturated carbocycles. The summed E-state index contributed by atoms with van der Waals surface area (Å²) in [6, 6.07) is 0.766. The van der Waals surface area contributed by atoms with Crippen LogP contribution in [0.2, 0.25) is 0 Å². The lowest BCUT2D eigenvalue weighted by Crippen LogP contribution is -2.40. The van der Waals surface area contributed by atoms with Crippen LogP contribution < -0.4 is 0 Å². The molecule has 0 atom stereocenters. The molecule has 0 N–H and O–H groups in total. The van der Waals surface area contributed by atoms with Crippen LogP contribution in [0.3, 0.4) is 0 Å². The van der Waals surface area contributed by atoms with E-state index >= 15 is 0 Å². The van der Waals surface area contributed by atoms with Crippen LogP contribution in [0.1, 0.15) is 78.6 Å². The van der Waals surface area contributed by atoms with Crippen molar-refractivity contribution in [2.24, 2.45) is 11.3 Å². The van der Waals surface area contributed by atoms with Gasteiger partial charge in [0.15, 0.2) is 0 Å². The molecule has 0 aliphatic heterocycles. The molecule has 2 aliphatic rings. The Morgan fingerprint density at radius 3 is 2.22 bits per heavy atom. The quantitative estimate of drug-likeness (QED) is 0.580. The average Bonchev–Trinajstić information content (AvgIpc) is 2.54.